The van der Waals surface area contributed by atoms with Crippen molar-refractivity contribution in [2.24, 2.45) is 5.92 Å². The van der Waals surface area contributed by atoms with Gasteiger partial charge >= 0.3 is 0 Å². The summed E-state index contributed by atoms with van der Waals surface area (Å²) in [6.07, 6.45) is 7.41. The smallest absolute Gasteiger partial charge is 0.293 e. The van der Waals surface area contributed by atoms with Crippen LogP contribution in [0.5, 0.6) is 5.75 Å². The van der Waals surface area contributed by atoms with Crippen LogP contribution in [0.25, 0.3) is 16.8 Å². The number of fused-ring (bicyclic) bond motifs is 1. The topological polar surface area (TPSA) is 46.6 Å². The van der Waals surface area contributed by atoms with Gasteiger partial charge in [0.05, 0.1) is 15.0 Å². The van der Waals surface area contributed by atoms with E-state index in [0.717, 1.165) is 35.6 Å². The molecule has 3 aromatic rings. The molecule has 1 aliphatic heterocycles. The average molecular weight is 526 g/mol. The van der Waals surface area contributed by atoms with Gasteiger partial charge in [-0.1, -0.05) is 78.9 Å². The number of halogens is 2. The Morgan fingerprint density at radius 3 is 2.40 bits per heavy atom. The number of imide groups is 1. The number of nitrogens with zero attached hydrogens (tertiary/aromatic N) is 1. The zero-order valence-electron chi connectivity index (χ0n) is 19.1. The second-order valence-corrected chi connectivity index (χ2v) is 10.9. The van der Waals surface area contributed by atoms with Crippen LogP contribution in [-0.4, -0.2) is 22.6 Å². The SMILES string of the molecule is O=C1S/C(=C/c2cc(Cl)c(OCc3ccc4ccccc4c3)c(Cl)c2)C(=O)N1CC1CCCCC1. The maximum atomic E-state index is 12.9. The zero-order chi connectivity index (χ0) is 24.4. The minimum Gasteiger partial charge on any atom is -0.486 e. The molecular formula is C28H25Cl2NO3S. The Morgan fingerprint density at radius 2 is 1.66 bits per heavy atom. The van der Waals surface area contributed by atoms with Crippen molar-refractivity contribution in [2.45, 2.75) is 38.7 Å². The van der Waals surface area contributed by atoms with Crippen LogP contribution in [-0.2, 0) is 11.4 Å². The lowest BCUT2D eigenvalue weighted by Crippen LogP contribution is -2.34. The molecule has 2 aliphatic rings. The molecule has 3 aromatic carbocycles. The Balaban J connectivity index is 1.28. The monoisotopic (exact) mass is 525 g/mol. The van der Waals surface area contributed by atoms with Gasteiger partial charge in [0.2, 0.25) is 0 Å². The Morgan fingerprint density at radius 1 is 0.943 bits per heavy atom. The van der Waals surface area contributed by atoms with Crippen LogP contribution in [0.1, 0.15) is 43.2 Å². The Kier molecular flexibility index (Phi) is 7.37. The van der Waals surface area contributed by atoms with Gasteiger partial charge < -0.3 is 4.74 Å². The van der Waals surface area contributed by atoms with E-state index in [9.17, 15) is 9.59 Å². The van der Waals surface area contributed by atoms with Crippen molar-refractivity contribution in [1.29, 1.82) is 0 Å². The molecule has 7 heteroatoms. The summed E-state index contributed by atoms with van der Waals surface area (Å²) in [5.74, 6) is 0.554. The third kappa shape index (κ3) is 5.53. The predicted molar refractivity (Wildman–Crippen MR) is 144 cm³/mol. The first-order chi connectivity index (χ1) is 17.0. The number of hydrogen-bond acceptors (Lipinski definition) is 4. The lowest BCUT2D eigenvalue weighted by atomic mass is 9.89. The maximum Gasteiger partial charge on any atom is 0.293 e. The van der Waals surface area contributed by atoms with Gasteiger partial charge in [-0.3, -0.25) is 14.5 Å². The molecule has 35 heavy (non-hydrogen) atoms. The minimum atomic E-state index is -0.241. The summed E-state index contributed by atoms with van der Waals surface area (Å²) < 4.78 is 5.95. The lowest BCUT2D eigenvalue weighted by molar-refractivity contribution is -0.123. The van der Waals surface area contributed by atoms with Gasteiger partial charge in [-0.15, -0.1) is 0 Å². The highest BCUT2D eigenvalue weighted by Crippen LogP contribution is 2.38. The van der Waals surface area contributed by atoms with Crippen molar-refractivity contribution in [3.05, 3.63) is 80.7 Å². The fourth-order valence-corrected chi connectivity index (χ4v) is 6.18. The standard InChI is InChI=1S/C28H25Cl2NO3S/c29-23-13-20(15-25-27(32)31(28(33)35-25)16-18-6-2-1-3-7-18)14-24(30)26(23)34-17-19-10-11-21-8-4-5-9-22(21)12-19/h4-5,8-15,18H,1-3,6-7,16-17H2/b25-15+. The number of amides is 2. The fraction of sp³-hybridized carbons (Fsp3) is 0.286. The van der Waals surface area contributed by atoms with E-state index < -0.39 is 0 Å². The molecule has 0 bridgehead atoms. The predicted octanol–water partition coefficient (Wildman–Crippen LogP) is 8.34. The molecule has 0 N–H and O–H groups in total. The molecule has 5 rings (SSSR count). The number of carbonyl (C=O) groups excluding carboxylic acids is 2. The van der Waals surface area contributed by atoms with E-state index in [1.165, 1.54) is 29.5 Å². The number of hydrogen-bond donors (Lipinski definition) is 0. The first-order valence-electron chi connectivity index (χ1n) is 11.8. The summed E-state index contributed by atoms with van der Waals surface area (Å²) in [6, 6.07) is 17.7. The van der Waals surface area contributed by atoms with Gasteiger partial charge in [-0.25, -0.2) is 0 Å². The van der Waals surface area contributed by atoms with Gasteiger partial charge in [-0.05, 0) is 76.7 Å². The molecule has 0 atom stereocenters. The molecule has 0 radical (unpaired) electrons. The summed E-state index contributed by atoms with van der Waals surface area (Å²) in [5, 5.41) is 2.80. The Hall–Kier alpha value is -2.47. The molecule has 2 fully saturated rings. The summed E-state index contributed by atoms with van der Waals surface area (Å²) in [6.45, 7) is 0.828. The molecule has 0 spiro atoms. The Labute approximate surface area is 219 Å². The second kappa shape index (κ2) is 10.7. The first kappa shape index (κ1) is 24.2. The maximum absolute atomic E-state index is 12.9. The highest BCUT2D eigenvalue weighted by Gasteiger charge is 2.36. The van der Waals surface area contributed by atoms with E-state index in [-0.39, 0.29) is 11.1 Å². The van der Waals surface area contributed by atoms with Crippen LogP contribution in [0, 0.1) is 5.92 Å². The van der Waals surface area contributed by atoms with Crippen molar-refractivity contribution in [1.82, 2.24) is 4.90 Å². The third-order valence-corrected chi connectivity index (χ3v) is 8.02. The van der Waals surface area contributed by atoms with Gasteiger partial charge in [0, 0.05) is 6.54 Å². The molecule has 1 saturated heterocycles. The fourth-order valence-electron chi connectivity index (χ4n) is 4.72. The van der Waals surface area contributed by atoms with E-state index in [1.807, 2.05) is 18.2 Å². The van der Waals surface area contributed by atoms with Crippen molar-refractivity contribution in [3.63, 3.8) is 0 Å². The van der Waals surface area contributed by atoms with Crippen LogP contribution >= 0.6 is 35.0 Å². The average Bonchev–Trinajstić information content (AvgIpc) is 3.11. The van der Waals surface area contributed by atoms with E-state index in [4.69, 9.17) is 27.9 Å². The third-order valence-electron chi connectivity index (χ3n) is 6.55. The van der Waals surface area contributed by atoms with Crippen LogP contribution in [0.3, 0.4) is 0 Å². The number of thioether (sulfide) groups is 1. The van der Waals surface area contributed by atoms with E-state index >= 15 is 0 Å². The highest BCUT2D eigenvalue weighted by molar-refractivity contribution is 8.18. The normalized spacial score (nSPS) is 18.1. The van der Waals surface area contributed by atoms with Gasteiger partial charge in [-0.2, -0.15) is 0 Å². The van der Waals surface area contributed by atoms with Crippen molar-refractivity contribution >= 4 is 63.0 Å². The first-order valence-corrected chi connectivity index (χ1v) is 13.4. The highest BCUT2D eigenvalue weighted by atomic mass is 35.5. The Bertz CT molecular complexity index is 1290. The summed E-state index contributed by atoms with van der Waals surface area (Å²) >= 11 is 14.0. The van der Waals surface area contributed by atoms with E-state index in [0.29, 0.717) is 45.3 Å². The quantitative estimate of drug-likeness (QED) is 0.303. The molecule has 2 amide bonds. The second-order valence-electron chi connectivity index (χ2n) is 9.08. The number of benzene rings is 3. The molecule has 1 heterocycles. The van der Waals surface area contributed by atoms with E-state index in [2.05, 4.69) is 24.3 Å². The van der Waals surface area contributed by atoms with Crippen molar-refractivity contribution < 1.29 is 14.3 Å². The molecule has 0 aromatic heterocycles. The summed E-state index contributed by atoms with van der Waals surface area (Å²) in [7, 11) is 0. The number of ether oxygens (including phenoxy) is 1. The van der Waals surface area contributed by atoms with Gasteiger partial charge in [0.25, 0.3) is 11.1 Å². The van der Waals surface area contributed by atoms with Crippen LogP contribution in [0.2, 0.25) is 10.0 Å². The van der Waals surface area contributed by atoms with Crippen molar-refractivity contribution in [2.75, 3.05) is 6.54 Å². The number of carbonyl (C=O) groups is 2. The van der Waals surface area contributed by atoms with Gasteiger partial charge in [0.15, 0.2) is 5.75 Å². The molecule has 180 valence electrons. The summed E-state index contributed by atoms with van der Waals surface area (Å²) in [4.78, 5) is 27.2. The van der Waals surface area contributed by atoms with Crippen LogP contribution in [0.15, 0.2) is 59.5 Å². The van der Waals surface area contributed by atoms with Gasteiger partial charge in [0.1, 0.15) is 6.61 Å². The molecule has 1 aliphatic carbocycles. The minimum absolute atomic E-state index is 0.209. The molecular weight excluding hydrogens is 501 g/mol. The van der Waals surface area contributed by atoms with Crippen LogP contribution in [0.4, 0.5) is 4.79 Å². The lowest BCUT2D eigenvalue weighted by Gasteiger charge is -2.25. The zero-order valence-corrected chi connectivity index (χ0v) is 21.5. The summed E-state index contributed by atoms with van der Waals surface area (Å²) in [5.41, 5.74) is 1.66. The van der Waals surface area contributed by atoms with Crippen molar-refractivity contribution in [3.8, 4) is 5.75 Å². The molecule has 4 nitrogen and oxygen atoms in total. The van der Waals surface area contributed by atoms with Crippen LogP contribution < -0.4 is 4.74 Å². The number of rotatable bonds is 6. The molecule has 1 saturated carbocycles. The molecule has 0 unspecified atom stereocenters. The largest absolute Gasteiger partial charge is 0.486 e. The van der Waals surface area contributed by atoms with E-state index in [1.54, 1.807) is 18.2 Å².